The summed E-state index contributed by atoms with van der Waals surface area (Å²) in [6, 6.07) is 6.16. The van der Waals surface area contributed by atoms with Crippen LogP contribution in [0, 0.1) is 0 Å². The minimum absolute atomic E-state index is 0.0580. The second kappa shape index (κ2) is 11.5. The molecule has 2 amide bonds. The summed E-state index contributed by atoms with van der Waals surface area (Å²) in [5.74, 6) is -0.586. The van der Waals surface area contributed by atoms with E-state index in [9.17, 15) is 19.3 Å². The standard InChI is InChI=1S/C22H30FN4O8P/c1-4-12-32-19(29)14(2)26-36(31,35-15-8-6-5-7-9-15)33-13-16-18(28)22(3,23)20(34-16)27-11-10-17(24)25-21(27)30/h4-11,14,16-18,20,28H,1,12-13,24H2,2-3H3,(H,25,30)(H,26,31)/t14-,16+,17?,18+,20+,22+,36-/m0/s1. The topological polar surface area (TPSA) is 162 Å². The summed E-state index contributed by atoms with van der Waals surface area (Å²) in [7, 11) is -4.29. The molecule has 0 bridgehead atoms. The normalized spacial score (nSPS) is 30.2. The number of carbonyl (C=O) groups is 2. The minimum Gasteiger partial charge on any atom is -0.460 e. The maximum Gasteiger partial charge on any atom is 0.459 e. The first-order valence-corrected chi connectivity index (χ1v) is 12.6. The number of aliphatic hydroxyl groups excluding tert-OH is 1. The van der Waals surface area contributed by atoms with Crippen molar-refractivity contribution in [2.45, 2.75) is 50.2 Å². The molecular formula is C22H30FN4O8P. The van der Waals surface area contributed by atoms with Crippen molar-refractivity contribution in [2.24, 2.45) is 5.73 Å². The number of para-hydroxylation sites is 1. The molecular weight excluding hydrogens is 498 g/mol. The fraction of sp³-hybridized carbons (Fsp3) is 0.455. The highest BCUT2D eigenvalue weighted by Gasteiger charge is 2.57. The number of hydrogen-bond donors (Lipinski definition) is 4. The van der Waals surface area contributed by atoms with Gasteiger partial charge in [-0.25, -0.2) is 13.8 Å². The van der Waals surface area contributed by atoms with Gasteiger partial charge in [0.2, 0.25) is 0 Å². The molecule has 0 radical (unpaired) electrons. The number of hydrogen-bond acceptors (Lipinski definition) is 9. The van der Waals surface area contributed by atoms with E-state index in [1.807, 2.05) is 0 Å². The Balaban J connectivity index is 1.75. The van der Waals surface area contributed by atoms with Crippen LogP contribution in [0.4, 0.5) is 9.18 Å². The maximum absolute atomic E-state index is 15.5. The van der Waals surface area contributed by atoms with Crippen LogP contribution < -0.4 is 20.7 Å². The molecule has 0 spiro atoms. The van der Waals surface area contributed by atoms with Gasteiger partial charge in [0.1, 0.15) is 30.6 Å². The summed E-state index contributed by atoms with van der Waals surface area (Å²) in [5.41, 5.74) is 3.20. The number of aliphatic hydroxyl groups is 1. The number of nitrogens with two attached hydrogens (primary N) is 1. The summed E-state index contributed by atoms with van der Waals surface area (Å²) in [6.07, 6.45) is -1.36. The highest BCUT2D eigenvalue weighted by atomic mass is 31.2. The third-order valence-corrected chi connectivity index (χ3v) is 7.02. The zero-order chi connectivity index (χ0) is 26.5. The predicted molar refractivity (Wildman–Crippen MR) is 126 cm³/mol. The van der Waals surface area contributed by atoms with E-state index in [0.29, 0.717) is 0 Å². The molecule has 2 heterocycles. The second-order valence-corrected chi connectivity index (χ2v) is 10.0. The Labute approximate surface area is 207 Å². The lowest BCUT2D eigenvalue weighted by Crippen LogP contribution is -2.57. The van der Waals surface area contributed by atoms with Gasteiger partial charge >= 0.3 is 19.7 Å². The largest absolute Gasteiger partial charge is 0.460 e. The number of alkyl halides is 1. The number of nitrogens with zero attached hydrogens (tertiary/aromatic N) is 1. The molecule has 198 valence electrons. The van der Waals surface area contributed by atoms with E-state index in [1.54, 1.807) is 18.2 Å². The van der Waals surface area contributed by atoms with Crippen molar-refractivity contribution < 1.29 is 42.2 Å². The molecule has 0 aliphatic carbocycles. The van der Waals surface area contributed by atoms with Crippen LogP contribution in [0.3, 0.4) is 0 Å². The van der Waals surface area contributed by atoms with Gasteiger partial charge in [-0.15, -0.1) is 0 Å². The van der Waals surface area contributed by atoms with Gasteiger partial charge in [0, 0.05) is 6.20 Å². The van der Waals surface area contributed by atoms with Crippen molar-refractivity contribution in [3.8, 4) is 5.75 Å². The van der Waals surface area contributed by atoms with Gasteiger partial charge in [0.15, 0.2) is 11.9 Å². The Kier molecular flexibility index (Phi) is 8.88. The van der Waals surface area contributed by atoms with E-state index in [0.717, 1.165) is 11.8 Å². The quantitative estimate of drug-likeness (QED) is 0.188. The molecule has 5 N–H and O–H groups in total. The summed E-state index contributed by atoms with van der Waals surface area (Å²) >= 11 is 0. The van der Waals surface area contributed by atoms with E-state index in [4.69, 9.17) is 24.3 Å². The number of halogens is 1. The number of nitrogens with one attached hydrogen (secondary N) is 2. The van der Waals surface area contributed by atoms with E-state index in [-0.39, 0.29) is 12.4 Å². The van der Waals surface area contributed by atoms with Crippen molar-refractivity contribution in [3.05, 3.63) is 55.3 Å². The zero-order valence-electron chi connectivity index (χ0n) is 19.8. The van der Waals surface area contributed by atoms with Crippen molar-refractivity contribution in [1.82, 2.24) is 15.3 Å². The van der Waals surface area contributed by atoms with Crippen LogP contribution in [-0.2, 0) is 23.4 Å². The lowest BCUT2D eigenvalue weighted by Gasteiger charge is -2.34. The third-order valence-electron chi connectivity index (χ3n) is 5.37. The monoisotopic (exact) mass is 528 g/mol. The molecule has 1 aromatic carbocycles. The number of urea groups is 1. The Bertz CT molecular complexity index is 1030. The van der Waals surface area contributed by atoms with Gasteiger partial charge in [-0.05, 0) is 32.1 Å². The highest BCUT2D eigenvalue weighted by Crippen LogP contribution is 2.46. The molecule has 2 aliphatic heterocycles. The Morgan fingerprint density at radius 2 is 2.17 bits per heavy atom. The molecule has 7 atom stereocenters. The van der Waals surface area contributed by atoms with Gasteiger partial charge in [0.05, 0.1) is 12.8 Å². The van der Waals surface area contributed by atoms with E-state index >= 15 is 4.39 Å². The van der Waals surface area contributed by atoms with Gasteiger partial charge in [-0.3, -0.25) is 14.2 Å². The van der Waals surface area contributed by atoms with Gasteiger partial charge in [0.25, 0.3) is 0 Å². The summed E-state index contributed by atoms with van der Waals surface area (Å²) in [5, 5.41) is 15.5. The van der Waals surface area contributed by atoms with Crippen LogP contribution in [0.2, 0.25) is 0 Å². The predicted octanol–water partition coefficient (Wildman–Crippen LogP) is 1.54. The van der Waals surface area contributed by atoms with Crippen LogP contribution in [0.5, 0.6) is 5.75 Å². The maximum atomic E-state index is 15.5. The number of benzene rings is 1. The first-order valence-electron chi connectivity index (χ1n) is 11.1. The van der Waals surface area contributed by atoms with Crippen LogP contribution in [0.15, 0.2) is 55.3 Å². The van der Waals surface area contributed by atoms with Crippen LogP contribution in [-0.4, -0.2) is 71.5 Å². The van der Waals surface area contributed by atoms with Gasteiger partial charge in [-0.2, -0.15) is 5.09 Å². The van der Waals surface area contributed by atoms with Crippen molar-refractivity contribution >= 4 is 19.7 Å². The lowest BCUT2D eigenvalue weighted by molar-refractivity contribution is -0.144. The Morgan fingerprint density at radius 3 is 2.81 bits per heavy atom. The van der Waals surface area contributed by atoms with Crippen molar-refractivity contribution in [1.29, 1.82) is 0 Å². The zero-order valence-corrected chi connectivity index (χ0v) is 20.7. The molecule has 3 rings (SSSR count). The first-order chi connectivity index (χ1) is 17.0. The fourth-order valence-electron chi connectivity index (χ4n) is 3.49. The van der Waals surface area contributed by atoms with Crippen LogP contribution in [0.25, 0.3) is 0 Å². The molecule has 1 aromatic rings. The molecule has 12 nitrogen and oxygen atoms in total. The molecule has 14 heteroatoms. The summed E-state index contributed by atoms with van der Waals surface area (Å²) < 4.78 is 50.6. The van der Waals surface area contributed by atoms with Crippen molar-refractivity contribution in [2.75, 3.05) is 13.2 Å². The molecule has 36 heavy (non-hydrogen) atoms. The number of amides is 2. The summed E-state index contributed by atoms with van der Waals surface area (Å²) in [6.45, 7) is 5.24. The number of ether oxygens (including phenoxy) is 2. The highest BCUT2D eigenvalue weighted by molar-refractivity contribution is 7.52. The summed E-state index contributed by atoms with van der Waals surface area (Å²) in [4.78, 5) is 25.4. The molecule has 2 aliphatic rings. The van der Waals surface area contributed by atoms with Gasteiger partial charge < -0.3 is 30.2 Å². The number of carbonyl (C=O) groups excluding carboxylic acids is 2. The smallest absolute Gasteiger partial charge is 0.459 e. The minimum atomic E-state index is -4.29. The Morgan fingerprint density at radius 1 is 1.47 bits per heavy atom. The molecule has 1 unspecified atom stereocenters. The second-order valence-electron chi connectivity index (χ2n) is 8.31. The van der Waals surface area contributed by atoms with Crippen LogP contribution in [0.1, 0.15) is 13.8 Å². The fourth-order valence-corrected chi connectivity index (χ4v) is 4.99. The average Bonchev–Trinajstić information content (AvgIpc) is 3.05. The van der Waals surface area contributed by atoms with Gasteiger partial charge in [-0.1, -0.05) is 30.9 Å². The van der Waals surface area contributed by atoms with Crippen LogP contribution >= 0.6 is 7.75 Å². The Hall–Kier alpha value is -2.80. The number of esters is 1. The van der Waals surface area contributed by atoms with Crippen molar-refractivity contribution in [3.63, 3.8) is 0 Å². The van der Waals surface area contributed by atoms with E-state index < -0.39 is 62.7 Å². The molecule has 0 aromatic heterocycles. The van der Waals surface area contributed by atoms with E-state index in [2.05, 4.69) is 17.0 Å². The lowest BCUT2D eigenvalue weighted by atomic mass is 9.98. The molecule has 0 saturated carbocycles. The van der Waals surface area contributed by atoms with E-state index in [1.165, 1.54) is 37.4 Å². The molecule has 1 saturated heterocycles. The first kappa shape index (κ1) is 27.8. The number of rotatable bonds is 11. The molecule has 1 fully saturated rings. The third kappa shape index (κ3) is 6.49. The average molecular weight is 528 g/mol. The SMILES string of the molecule is C=CCOC(=O)[C@H](C)N[P@](=O)(OC[C@H]1O[C@@H](N2C=CC(N)NC2=O)[C@](C)(F)[C@@H]1O)Oc1ccccc1.